The first-order valence-corrected chi connectivity index (χ1v) is 9.17. The summed E-state index contributed by atoms with van der Waals surface area (Å²) < 4.78 is 12.4. The molecule has 6 nitrogen and oxygen atoms in total. The first-order valence-electron chi connectivity index (χ1n) is 8.36. The van der Waals surface area contributed by atoms with Crippen molar-refractivity contribution >= 4 is 16.5 Å². The largest absolute Gasteiger partial charge is 0.433 e. The summed E-state index contributed by atoms with van der Waals surface area (Å²) >= 11 is 1.67. The van der Waals surface area contributed by atoms with Crippen LogP contribution >= 0.6 is 11.3 Å². The molecular weight excluding hydrogens is 326 g/mol. The molecule has 1 saturated heterocycles. The van der Waals surface area contributed by atoms with Crippen molar-refractivity contribution in [3.63, 3.8) is 0 Å². The number of benzene rings is 1. The molecule has 1 aromatic heterocycles. The highest BCUT2D eigenvalue weighted by Crippen LogP contribution is 2.53. The minimum atomic E-state index is -1.10. The van der Waals surface area contributed by atoms with E-state index in [0.717, 1.165) is 35.1 Å². The standard InChI is InChI=1S/C17H17N3O3S/c21-14-3-6-20-9-11-8-18-15(24-11)19-16(4-5-16)10-1-2-12-13(7-10)23-17(14,20)22-12/h1-2,7-8,14,21H,3-6,9H2,(H,18,19)/t14-,17?/m0/s1. The van der Waals surface area contributed by atoms with E-state index in [1.54, 1.807) is 11.3 Å². The van der Waals surface area contributed by atoms with E-state index in [-0.39, 0.29) is 5.54 Å². The summed E-state index contributed by atoms with van der Waals surface area (Å²) in [4.78, 5) is 7.76. The van der Waals surface area contributed by atoms with Crippen LogP contribution in [0.5, 0.6) is 11.5 Å². The second kappa shape index (κ2) is 4.22. The lowest BCUT2D eigenvalue weighted by Crippen LogP contribution is -2.56. The van der Waals surface area contributed by atoms with Crippen LogP contribution in [0.15, 0.2) is 24.4 Å². The zero-order valence-electron chi connectivity index (χ0n) is 13.0. The molecule has 0 radical (unpaired) electrons. The highest BCUT2D eigenvalue weighted by atomic mass is 32.1. The minimum absolute atomic E-state index is 0.0452. The van der Waals surface area contributed by atoms with Crippen LogP contribution in [0.4, 0.5) is 5.13 Å². The van der Waals surface area contributed by atoms with Crippen molar-refractivity contribution in [2.75, 3.05) is 11.9 Å². The number of aliphatic hydroxyl groups is 1. The van der Waals surface area contributed by atoms with Crippen LogP contribution in [0.3, 0.4) is 0 Å². The summed E-state index contributed by atoms with van der Waals surface area (Å²) in [5.74, 6) is 0.334. The number of anilines is 1. The molecule has 4 heterocycles. The molecule has 2 N–H and O–H groups in total. The van der Waals surface area contributed by atoms with E-state index in [4.69, 9.17) is 9.47 Å². The number of hydrogen-bond donors (Lipinski definition) is 2. The Hall–Kier alpha value is -1.83. The first-order chi connectivity index (χ1) is 11.7. The van der Waals surface area contributed by atoms with Crippen LogP contribution in [-0.4, -0.2) is 33.6 Å². The maximum absolute atomic E-state index is 10.6. The molecule has 2 atom stereocenters. The van der Waals surface area contributed by atoms with E-state index >= 15 is 0 Å². The van der Waals surface area contributed by atoms with E-state index in [0.29, 0.717) is 18.7 Å². The Morgan fingerprint density at radius 1 is 1.29 bits per heavy atom. The Labute approximate surface area is 143 Å². The van der Waals surface area contributed by atoms with Gasteiger partial charge in [0.25, 0.3) is 0 Å². The van der Waals surface area contributed by atoms with Crippen molar-refractivity contribution in [3.05, 3.63) is 34.8 Å². The van der Waals surface area contributed by atoms with Crippen LogP contribution in [0.25, 0.3) is 0 Å². The van der Waals surface area contributed by atoms with Crippen LogP contribution in [0.1, 0.15) is 29.7 Å². The van der Waals surface area contributed by atoms with Crippen LogP contribution in [0, 0.1) is 0 Å². The fourth-order valence-corrected chi connectivity index (χ4v) is 4.96. The Balaban J connectivity index is 1.54. The Bertz CT molecular complexity index is 849. The van der Waals surface area contributed by atoms with Gasteiger partial charge in [-0.3, -0.25) is 0 Å². The molecule has 2 aromatic rings. The number of rotatable bonds is 0. The molecule has 1 aliphatic carbocycles. The molecule has 2 spiro atoms. The normalized spacial score (nSPS) is 31.6. The molecule has 24 heavy (non-hydrogen) atoms. The van der Waals surface area contributed by atoms with Gasteiger partial charge in [0.15, 0.2) is 16.6 Å². The molecule has 124 valence electrons. The van der Waals surface area contributed by atoms with Gasteiger partial charge >= 0.3 is 5.91 Å². The average molecular weight is 343 g/mol. The second-order valence-corrected chi connectivity index (χ2v) is 8.18. The molecule has 4 aliphatic rings. The number of fused-ring (bicyclic) bond motifs is 4. The van der Waals surface area contributed by atoms with Crippen molar-refractivity contribution in [1.29, 1.82) is 0 Å². The van der Waals surface area contributed by atoms with Gasteiger partial charge in [-0.2, -0.15) is 0 Å². The number of ether oxygens (including phenoxy) is 2. The van der Waals surface area contributed by atoms with Crippen molar-refractivity contribution in [1.82, 2.24) is 9.88 Å². The number of aliphatic hydroxyl groups excluding tert-OH is 1. The van der Waals surface area contributed by atoms with Gasteiger partial charge in [0.05, 0.1) is 5.54 Å². The van der Waals surface area contributed by atoms with Crippen molar-refractivity contribution in [3.8, 4) is 11.5 Å². The summed E-state index contributed by atoms with van der Waals surface area (Å²) in [7, 11) is 0. The molecular formula is C17H17N3O3S. The van der Waals surface area contributed by atoms with Crippen LogP contribution < -0.4 is 14.8 Å². The van der Waals surface area contributed by atoms with Crippen molar-refractivity contribution in [2.24, 2.45) is 0 Å². The zero-order valence-corrected chi connectivity index (χ0v) is 13.8. The van der Waals surface area contributed by atoms with Gasteiger partial charge in [0, 0.05) is 24.2 Å². The molecule has 7 heteroatoms. The first kappa shape index (κ1) is 13.5. The average Bonchev–Trinajstić information content (AvgIpc) is 2.93. The third-order valence-electron chi connectivity index (χ3n) is 5.54. The topological polar surface area (TPSA) is 66.9 Å². The Kier molecular flexibility index (Phi) is 2.37. The maximum Gasteiger partial charge on any atom is 0.343 e. The fraction of sp³-hybridized carbons (Fsp3) is 0.471. The van der Waals surface area contributed by atoms with Gasteiger partial charge in [-0.15, -0.1) is 11.3 Å². The third kappa shape index (κ3) is 1.64. The maximum atomic E-state index is 10.6. The van der Waals surface area contributed by atoms with Gasteiger partial charge in [-0.1, -0.05) is 6.07 Å². The van der Waals surface area contributed by atoms with Gasteiger partial charge in [0.1, 0.15) is 6.10 Å². The van der Waals surface area contributed by atoms with Gasteiger partial charge in [0.2, 0.25) is 0 Å². The summed E-state index contributed by atoms with van der Waals surface area (Å²) in [6.07, 6.45) is 4.04. The summed E-state index contributed by atoms with van der Waals surface area (Å²) in [6.45, 7) is 1.39. The lowest BCUT2D eigenvalue weighted by atomic mass is 10.0. The predicted molar refractivity (Wildman–Crippen MR) is 88.1 cm³/mol. The fourth-order valence-electron chi connectivity index (χ4n) is 4.03. The van der Waals surface area contributed by atoms with E-state index < -0.39 is 12.0 Å². The summed E-state index contributed by atoms with van der Waals surface area (Å²) in [5.41, 5.74) is 1.15. The molecule has 2 fully saturated rings. The van der Waals surface area contributed by atoms with Gasteiger partial charge < -0.3 is 19.9 Å². The number of hydrogen-bond acceptors (Lipinski definition) is 7. The Morgan fingerprint density at radius 3 is 3.04 bits per heavy atom. The van der Waals surface area contributed by atoms with Crippen molar-refractivity contribution < 1.29 is 14.6 Å². The van der Waals surface area contributed by atoms with E-state index in [1.807, 2.05) is 12.3 Å². The quantitative estimate of drug-likeness (QED) is 0.765. The van der Waals surface area contributed by atoms with Gasteiger partial charge in [-0.05, 0) is 37.0 Å². The Morgan fingerprint density at radius 2 is 2.17 bits per heavy atom. The number of nitrogens with one attached hydrogen (secondary N) is 1. The lowest BCUT2D eigenvalue weighted by molar-refractivity contribution is -0.227. The molecule has 1 saturated carbocycles. The van der Waals surface area contributed by atoms with Crippen LogP contribution in [-0.2, 0) is 12.1 Å². The molecule has 3 aliphatic heterocycles. The second-order valence-electron chi connectivity index (χ2n) is 7.06. The number of thiazole rings is 1. The highest BCUT2D eigenvalue weighted by molar-refractivity contribution is 7.15. The zero-order chi connectivity index (χ0) is 15.9. The molecule has 1 unspecified atom stereocenters. The molecule has 0 amide bonds. The SMILES string of the molecule is O[C@H]1CCN2Cc3cnc(s3)NC3(CC3)c3ccc4c(c3)OC12O4. The minimum Gasteiger partial charge on any atom is -0.433 e. The smallest absolute Gasteiger partial charge is 0.343 e. The number of aromatic nitrogens is 1. The van der Waals surface area contributed by atoms with Gasteiger partial charge in [-0.25, -0.2) is 9.88 Å². The van der Waals surface area contributed by atoms with E-state index in [9.17, 15) is 5.11 Å². The summed E-state index contributed by atoms with van der Waals surface area (Å²) in [5, 5.41) is 15.2. The monoisotopic (exact) mass is 343 g/mol. The van der Waals surface area contributed by atoms with E-state index in [2.05, 4.69) is 27.3 Å². The van der Waals surface area contributed by atoms with E-state index in [1.165, 1.54) is 5.56 Å². The third-order valence-corrected chi connectivity index (χ3v) is 6.44. The molecule has 1 aromatic carbocycles. The lowest BCUT2D eigenvalue weighted by Gasteiger charge is -2.34. The predicted octanol–water partition coefficient (Wildman–Crippen LogP) is 2.25. The molecule has 5 bridgehead atoms. The highest BCUT2D eigenvalue weighted by Gasteiger charge is 2.58. The van der Waals surface area contributed by atoms with Crippen LogP contribution in [0.2, 0.25) is 0 Å². The number of nitrogens with zero attached hydrogens (tertiary/aromatic N) is 2. The molecule has 6 rings (SSSR count). The van der Waals surface area contributed by atoms with Crippen molar-refractivity contribution in [2.45, 2.75) is 43.4 Å². The summed E-state index contributed by atoms with van der Waals surface area (Å²) in [6, 6.07) is 6.12.